The van der Waals surface area contributed by atoms with Crippen molar-refractivity contribution < 1.29 is 14.6 Å². The van der Waals surface area contributed by atoms with Gasteiger partial charge < -0.3 is 15.2 Å². The van der Waals surface area contributed by atoms with Crippen LogP contribution in [-0.2, 0) is 10.3 Å². The molecule has 1 saturated heterocycles. The molecule has 0 saturated carbocycles. The minimum Gasteiger partial charge on any atom is -0.497 e. The predicted octanol–water partition coefficient (Wildman–Crippen LogP) is 1.29. The number of rotatable bonds is 5. The van der Waals surface area contributed by atoms with E-state index in [0.29, 0.717) is 6.42 Å². The summed E-state index contributed by atoms with van der Waals surface area (Å²) in [6.07, 6.45) is 0.536. The number of carboxylic acid groups (broad SMARTS) is 1. The van der Waals surface area contributed by atoms with Crippen LogP contribution in [0.25, 0.3) is 0 Å². The molecule has 1 fully saturated rings. The van der Waals surface area contributed by atoms with Gasteiger partial charge in [-0.25, -0.2) is 4.79 Å². The van der Waals surface area contributed by atoms with Gasteiger partial charge in [-0.2, -0.15) is 0 Å². The van der Waals surface area contributed by atoms with Crippen molar-refractivity contribution in [3.05, 3.63) is 29.8 Å². The number of methoxy groups -OCH3 is 1. The molecule has 0 bridgehead atoms. The van der Waals surface area contributed by atoms with Crippen LogP contribution in [0.5, 0.6) is 5.75 Å². The van der Waals surface area contributed by atoms with Crippen molar-refractivity contribution in [1.29, 1.82) is 0 Å². The number of hydrogen-bond acceptors (Lipinski definition) is 4. The zero-order valence-corrected chi connectivity index (χ0v) is 12.1. The van der Waals surface area contributed by atoms with E-state index in [-0.39, 0.29) is 0 Å². The highest BCUT2D eigenvalue weighted by atomic mass is 16.5. The average molecular weight is 278 g/mol. The largest absolute Gasteiger partial charge is 0.497 e. The van der Waals surface area contributed by atoms with Crippen LogP contribution >= 0.6 is 0 Å². The Balaban J connectivity index is 2.41. The molecule has 1 heterocycles. The van der Waals surface area contributed by atoms with Crippen molar-refractivity contribution >= 4 is 5.97 Å². The first-order valence-electron chi connectivity index (χ1n) is 6.99. The highest BCUT2D eigenvalue weighted by Crippen LogP contribution is 2.34. The van der Waals surface area contributed by atoms with E-state index in [0.717, 1.165) is 37.5 Å². The second-order valence-corrected chi connectivity index (χ2v) is 4.98. The molecule has 5 nitrogen and oxygen atoms in total. The van der Waals surface area contributed by atoms with Crippen molar-refractivity contribution in [2.45, 2.75) is 18.9 Å². The highest BCUT2D eigenvalue weighted by molar-refractivity contribution is 5.81. The van der Waals surface area contributed by atoms with E-state index < -0.39 is 11.5 Å². The summed E-state index contributed by atoms with van der Waals surface area (Å²) in [6, 6.07) is 7.37. The van der Waals surface area contributed by atoms with Crippen molar-refractivity contribution in [3.8, 4) is 5.75 Å². The SMILES string of the molecule is CCC(C(=O)O)(c1ccc(OC)cc1)N1CCNCC1. The Morgan fingerprint density at radius 2 is 1.95 bits per heavy atom. The zero-order chi connectivity index (χ0) is 14.6. The molecule has 2 N–H and O–H groups in total. The lowest BCUT2D eigenvalue weighted by atomic mass is 9.84. The van der Waals surface area contributed by atoms with Crippen LogP contribution in [0, 0.1) is 0 Å². The maximum Gasteiger partial charge on any atom is 0.328 e. The lowest BCUT2D eigenvalue weighted by Gasteiger charge is -2.42. The molecular weight excluding hydrogens is 256 g/mol. The molecule has 0 aliphatic carbocycles. The summed E-state index contributed by atoms with van der Waals surface area (Å²) < 4.78 is 5.15. The van der Waals surface area contributed by atoms with Crippen molar-refractivity contribution in [3.63, 3.8) is 0 Å². The lowest BCUT2D eigenvalue weighted by Crippen LogP contribution is -2.58. The molecule has 20 heavy (non-hydrogen) atoms. The van der Waals surface area contributed by atoms with Crippen molar-refractivity contribution in [2.24, 2.45) is 0 Å². The standard InChI is InChI=1S/C15H22N2O3/c1-3-15(14(18)19,17-10-8-16-9-11-17)12-4-6-13(20-2)7-5-12/h4-7,16H,3,8-11H2,1-2H3,(H,18,19). The van der Waals surface area contributed by atoms with Crippen LogP contribution in [-0.4, -0.2) is 49.3 Å². The third-order valence-electron chi connectivity index (χ3n) is 4.09. The van der Waals surface area contributed by atoms with Crippen LogP contribution in [0.4, 0.5) is 0 Å². The zero-order valence-electron chi connectivity index (χ0n) is 12.1. The molecule has 1 aromatic carbocycles. The monoisotopic (exact) mass is 278 g/mol. The number of piperazine rings is 1. The summed E-state index contributed by atoms with van der Waals surface area (Å²) in [5, 5.41) is 13.1. The van der Waals surface area contributed by atoms with E-state index in [1.165, 1.54) is 0 Å². The Bertz CT molecular complexity index is 455. The molecule has 5 heteroatoms. The molecule has 1 aliphatic heterocycles. The molecule has 2 rings (SSSR count). The van der Waals surface area contributed by atoms with E-state index in [9.17, 15) is 9.90 Å². The second kappa shape index (κ2) is 6.24. The molecule has 1 aliphatic rings. The number of carbonyl (C=O) groups is 1. The van der Waals surface area contributed by atoms with Gasteiger partial charge in [-0.3, -0.25) is 4.90 Å². The van der Waals surface area contributed by atoms with Crippen LogP contribution in [0.3, 0.4) is 0 Å². The second-order valence-electron chi connectivity index (χ2n) is 4.98. The number of carboxylic acids is 1. The van der Waals surface area contributed by atoms with Crippen LogP contribution in [0.15, 0.2) is 24.3 Å². The van der Waals surface area contributed by atoms with E-state index in [1.807, 2.05) is 31.2 Å². The highest BCUT2D eigenvalue weighted by Gasteiger charge is 2.44. The summed E-state index contributed by atoms with van der Waals surface area (Å²) >= 11 is 0. The first kappa shape index (κ1) is 14.8. The predicted molar refractivity (Wildman–Crippen MR) is 77.0 cm³/mol. The first-order chi connectivity index (χ1) is 9.65. The Kier molecular flexibility index (Phi) is 4.62. The molecule has 0 aromatic heterocycles. The van der Waals surface area contributed by atoms with Crippen LogP contribution in [0.1, 0.15) is 18.9 Å². The van der Waals surface area contributed by atoms with Crippen molar-refractivity contribution in [2.75, 3.05) is 33.3 Å². The Labute approximate surface area is 119 Å². The fourth-order valence-electron chi connectivity index (χ4n) is 2.93. The van der Waals surface area contributed by atoms with Gasteiger partial charge in [-0.05, 0) is 24.1 Å². The molecule has 110 valence electrons. The van der Waals surface area contributed by atoms with Crippen LogP contribution < -0.4 is 10.1 Å². The quantitative estimate of drug-likeness (QED) is 0.850. The van der Waals surface area contributed by atoms with E-state index in [1.54, 1.807) is 7.11 Å². The summed E-state index contributed by atoms with van der Waals surface area (Å²) in [4.78, 5) is 14.1. The smallest absolute Gasteiger partial charge is 0.328 e. The summed E-state index contributed by atoms with van der Waals surface area (Å²) in [7, 11) is 1.61. The van der Waals surface area contributed by atoms with Crippen LogP contribution in [0.2, 0.25) is 0 Å². The molecule has 0 amide bonds. The fraction of sp³-hybridized carbons (Fsp3) is 0.533. The third-order valence-corrected chi connectivity index (χ3v) is 4.09. The summed E-state index contributed by atoms with van der Waals surface area (Å²) in [5.74, 6) is -0.0449. The topological polar surface area (TPSA) is 61.8 Å². The normalized spacial score (nSPS) is 19.3. The third kappa shape index (κ3) is 2.51. The van der Waals surface area contributed by atoms with E-state index in [4.69, 9.17) is 4.74 Å². The average Bonchev–Trinajstić information content (AvgIpc) is 2.50. The van der Waals surface area contributed by atoms with Gasteiger partial charge in [-0.1, -0.05) is 19.1 Å². The van der Waals surface area contributed by atoms with E-state index >= 15 is 0 Å². The van der Waals surface area contributed by atoms with Gasteiger partial charge in [0.2, 0.25) is 0 Å². The van der Waals surface area contributed by atoms with Gasteiger partial charge in [0.15, 0.2) is 0 Å². The van der Waals surface area contributed by atoms with Gasteiger partial charge in [0.25, 0.3) is 0 Å². The number of nitrogens with zero attached hydrogens (tertiary/aromatic N) is 1. The Morgan fingerprint density at radius 3 is 2.40 bits per heavy atom. The maximum atomic E-state index is 12.0. The van der Waals surface area contributed by atoms with Gasteiger partial charge in [0.1, 0.15) is 11.3 Å². The number of hydrogen-bond donors (Lipinski definition) is 2. The number of nitrogens with one attached hydrogen (secondary N) is 1. The molecule has 1 atom stereocenters. The maximum absolute atomic E-state index is 12.0. The summed E-state index contributed by atoms with van der Waals surface area (Å²) in [5.41, 5.74) is -0.135. The van der Waals surface area contributed by atoms with Crippen molar-refractivity contribution in [1.82, 2.24) is 10.2 Å². The minimum absolute atomic E-state index is 0.536. The summed E-state index contributed by atoms with van der Waals surface area (Å²) in [6.45, 7) is 5.06. The molecular formula is C15H22N2O3. The Morgan fingerprint density at radius 1 is 1.35 bits per heavy atom. The molecule has 1 aromatic rings. The number of aliphatic carboxylic acids is 1. The van der Waals surface area contributed by atoms with Gasteiger partial charge in [0, 0.05) is 26.2 Å². The molecule has 0 radical (unpaired) electrons. The minimum atomic E-state index is -0.950. The van der Waals surface area contributed by atoms with Gasteiger partial charge in [0.05, 0.1) is 7.11 Å². The van der Waals surface area contributed by atoms with E-state index in [2.05, 4.69) is 10.2 Å². The van der Waals surface area contributed by atoms with Gasteiger partial charge >= 0.3 is 5.97 Å². The number of ether oxygens (including phenoxy) is 1. The molecule has 0 spiro atoms. The molecule has 1 unspecified atom stereocenters. The fourth-order valence-corrected chi connectivity index (χ4v) is 2.93. The first-order valence-corrected chi connectivity index (χ1v) is 6.99. The van der Waals surface area contributed by atoms with Gasteiger partial charge in [-0.15, -0.1) is 0 Å². The lowest BCUT2D eigenvalue weighted by molar-refractivity contribution is -0.153. The number of benzene rings is 1. The Hall–Kier alpha value is -1.59.